The summed E-state index contributed by atoms with van der Waals surface area (Å²) in [7, 11) is 0. The van der Waals surface area contributed by atoms with Gasteiger partial charge in [-0.05, 0) is 31.0 Å². The fraction of sp³-hybridized carbons (Fsp3) is 0.562. The Morgan fingerprint density at radius 3 is 2.84 bits per heavy atom. The second-order valence-electron chi connectivity index (χ2n) is 5.48. The zero-order valence-electron chi connectivity index (χ0n) is 11.9. The second kappa shape index (κ2) is 6.18. The summed E-state index contributed by atoms with van der Waals surface area (Å²) in [6, 6.07) is 5.14. The van der Waals surface area contributed by atoms with E-state index in [1.807, 2.05) is 6.07 Å². The molecule has 2 nitrogen and oxygen atoms in total. The van der Waals surface area contributed by atoms with E-state index in [2.05, 4.69) is 18.7 Å². The third-order valence-electron chi connectivity index (χ3n) is 3.96. The van der Waals surface area contributed by atoms with E-state index in [0.29, 0.717) is 11.9 Å². The zero-order valence-corrected chi connectivity index (χ0v) is 11.9. The van der Waals surface area contributed by atoms with E-state index in [4.69, 9.17) is 5.41 Å². The molecule has 0 radical (unpaired) electrons. The fourth-order valence-corrected chi connectivity index (χ4v) is 2.72. The molecule has 1 heterocycles. The Morgan fingerprint density at radius 2 is 2.11 bits per heavy atom. The lowest BCUT2D eigenvalue weighted by molar-refractivity contribution is 0.309. The van der Waals surface area contributed by atoms with Gasteiger partial charge in [-0.25, -0.2) is 4.39 Å². The molecule has 0 aromatic heterocycles. The van der Waals surface area contributed by atoms with Gasteiger partial charge in [0.1, 0.15) is 11.7 Å². The second-order valence-corrected chi connectivity index (χ2v) is 5.48. The number of fused-ring (bicyclic) bond motifs is 1. The van der Waals surface area contributed by atoms with Crippen LogP contribution in [0.1, 0.15) is 57.1 Å². The van der Waals surface area contributed by atoms with Gasteiger partial charge in [0.05, 0.1) is 0 Å². The van der Waals surface area contributed by atoms with Gasteiger partial charge < -0.3 is 4.90 Å². The Balaban J connectivity index is 1.95. The number of rotatable bonds is 6. The van der Waals surface area contributed by atoms with Crippen molar-refractivity contribution in [1.82, 2.24) is 4.90 Å². The topological polar surface area (TPSA) is 27.1 Å². The molecule has 3 heteroatoms. The quantitative estimate of drug-likeness (QED) is 0.759. The van der Waals surface area contributed by atoms with E-state index in [1.165, 1.54) is 37.8 Å². The summed E-state index contributed by atoms with van der Waals surface area (Å²) in [5.74, 6) is 0.235. The number of nitrogens with zero attached hydrogens (tertiary/aromatic N) is 1. The van der Waals surface area contributed by atoms with Gasteiger partial charge in [0.15, 0.2) is 0 Å². The van der Waals surface area contributed by atoms with Gasteiger partial charge in [-0.1, -0.05) is 38.7 Å². The Hall–Kier alpha value is -1.38. The number of unbranched alkanes of at least 4 members (excludes halogenated alkanes) is 3. The van der Waals surface area contributed by atoms with Crippen molar-refractivity contribution in [3.63, 3.8) is 0 Å². The van der Waals surface area contributed by atoms with Gasteiger partial charge in [0.25, 0.3) is 0 Å². The van der Waals surface area contributed by atoms with Crippen molar-refractivity contribution < 1.29 is 4.39 Å². The van der Waals surface area contributed by atoms with Crippen LogP contribution in [0, 0.1) is 11.2 Å². The van der Waals surface area contributed by atoms with E-state index in [-0.39, 0.29) is 5.82 Å². The Morgan fingerprint density at radius 1 is 1.32 bits per heavy atom. The van der Waals surface area contributed by atoms with Gasteiger partial charge in [-0.3, -0.25) is 5.41 Å². The van der Waals surface area contributed by atoms with Crippen molar-refractivity contribution in [1.29, 1.82) is 5.41 Å². The maximum absolute atomic E-state index is 13.2. The van der Waals surface area contributed by atoms with Gasteiger partial charge in [0.2, 0.25) is 0 Å². The predicted molar refractivity (Wildman–Crippen MR) is 77.0 cm³/mol. The molecule has 1 aromatic rings. The molecule has 0 spiro atoms. The van der Waals surface area contributed by atoms with Crippen molar-refractivity contribution in [3.05, 3.63) is 35.1 Å². The number of amidine groups is 1. The minimum atomic E-state index is -0.249. The van der Waals surface area contributed by atoms with Gasteiger partial charge >= 0.3 is 0 Å². The molecule has 19 heavy (non-hydrogen) atoms. The fourth-order valence-electron chi connectivity index (χ4n) is 2.72. The van der Waals surface area contributed by atoms with Crippen LogP contribution in [0.4, 0.5) is 4.39 Å². The lowest BCUT2D eigenvalue weighted by Crippen LogP contribution is -2.33. The first kappa shape index (κ1) is 14.0. The molecule has 2 rings (SSSR count). The lowest BCUT2D eigenvalue weighted by Gasteiger charge is -2.26. The normalized spacial score (nSPS) is 15.7. The van der Waals surface area contributed by atoms with Crippen LogP contribution in [0.15, 0.2) is 18.2 Å². The van der Waals surface area contributed by atoms with Crippen LogP contribution in [0.25, 0.3) is 0 Å². The SMILES string of the molecule is CCCCCCC(C)N1Cc2ccc(F)cc2C1=N. The maximum Gasteiger partial charge on any atom is 0.129 e. The summed E-state index contributed by atoms with van der Waals surface area (Å²) in [5.41, 5.74) is 1.84. The molecule has 0 bridgehead atoms. The van der Waals surface area contributed by atoms with E-state index in [0.717, 1.165) is 24.1 Å². The highest BCUT2D eigenvalue weighted by Gasteiger charge is 2.27. The number of hydrogen-bond acceptors (Lipinski definition) is 1. The summed E-state index contributed by atoms with van der Waals surface area (Å²) in [6.07, 6.45) is 6.13. The summed E-state index contributed by atoms with van der Waals surface area (Å²) in [6.45, 7) is 5.14. The van der Waals surface area contributed by atoms with E-state index < -0.39 is 0 Å². The largest absolute Gasteiger partial charge is 0.350 e. The van der Waals surface area contributed by atoms with E-state index in [9.17, 15) is 4.39 Å². The number of halogens is 1. The highest BCUT2D eigenvalue weighted by molar-refractivity contribution is 6.00. The molecule has 0 amide bonds. The van der Waals surface area contributed by atoms with Gasteiger partial charge in [0, 0.05) is 18.2 Å². The molecule has 1 unspecified atom stereocenters. The lowest BCUT2D eigenvalue weighted by atomic mass is 10.1. The average molecular weight is 262 g/mol. The molecular weight excluding hydrogens is 239 g/mol. The minimum Gasteiger partial charge on any atom is -0.350 e. The molecule has 0 saturated heterocycles. The smallest absolute Gasteiger partial charge is 0.129 e. The van der Waals surface area contributed by atoms with Crippen LogP contribution in [-0.2, 0) is 6.54 Å². The van der Waals surface area contributed by atoms with Crippen LogP contribution in [-0.4, -0.2) is 16.8 Å². The molecule has 1 atom stereocenters. The number of hydrogen-bond donors (Lipinski definition) is 1. The van der Waals surface area contributed by atoms with Crippen LogP contribution in [0.2, 0.25) is 0 Å². The summed E-state index contributed by atoms with van der Waals surface area (Å²) in [5, 5.41) is 8.19. The van der Waals surface area contributed by atoms with Crippen LogP contribution >= 0.6 is 0 Å². The zero-order chi connectivity index (χ0) is 13.8. The molecule has 0 fully saturated rings. The molecule has 1 aliphatic heterocycles. The summed E-state index contributed by atoms with van der Waals surface area (Å²) < 4.78 is 13.2. The Labute approximate surface area is 115 Å². The monoisotopic (exact) mass is 262 g/mol. The molecule has 0 aliphatic carbocycles. The summed E-state index contributed by atoms with van der Waals surface area (Å²) >= 11 is 0. The van der Waals surface area contributed by atoms with Crippen LogP contribution in [0.5, 0.6) is 0 Å². The molecular formula is C16H23FN2. The van der Waals surface area contributed by atoms with Crippen LogP contribution in [0.3, 0.4) is 0 Å². The molecule has 1 aromatic carbocycles. The van der Waals surface area contributed by atoms with Crippen molar-refractivity contribution in [2.24, 2.45) is 0 Å². The third-order valence-corrected chi connectivity index (χ3v) is 3.96. The standard InChI is InChI=1S/C16H23FN2/c1-3-4-5-6-7-12(2)19-11-13-8-9-14(17)10-15(13)16(19)18/h8-10,12,18H,3-7,11H2,1-2H3. The third kappa shape index (κ3) is 3.14. The molecule has 0 saturated carbocycles. The molecule has 1 N–H and O–H groups in total. The Kier molecular flexibility index (Phi) is 4.56. The average Bonchev–Trinajstić information content (AvgIpc) is 2.72. The highest BCUT2D eigenvalue weighted by Crippen LogP contribution is 2.26. The van der Waals surface area contributed by atoms with E-state index in [1.54, 1.807) is 0 Å². The van der Waals surface area contributed by atoms with Crippen molar-refractivity contribution >= 4 is 5.84 Å². The van der Waals surface area contributed by atoms with Gasteiger partial charge in [-0.2, -0.15) is 0 Å². The first-order valence-corrected chi connectivity index (χ1v) is 7.27. The molecule has 104 valence electrons. The Bertz CT molecular complexity index is 456. The highest BCUT2D eigenvalue weighted by atomic mass is 19.1. The van der Waals surface area contributed by atoms with Crippen molar-refractivity contribution in [2.75, 3.05) is 0 Å². The predicted octanol–water partition coefficient (Wildman–Crippen LogP) is 4.33. The van der Waals surface area contributed by atoms with E-state index >= 15 is 0 Å². The first-order chi connectivity index (χ1) is 9.13. The van der Waals surface area contributed by atoms with Crippen molar-refractivity contribution in [3.8, 4) is 0 Å². The first-order valence-electron chi connectivity index (χ1n) is 7.27. The van der Waals surface area contributed by atoms with Gasteiger partial charge in [-0.15, -0.1) is 0 Å². The summed E-state index contributed by atoms with van der Waals surface area (Å²) in [4.78, 5) is 2.09. The number of nitrogens with one attached hydrogen (secondary N) is 1. The van der Waals surface area contributed by atoms with Crippen LogP contribution < -0.4 is 0 Å². The maximum atomic E-state index is 13.2. The molecule has 1 aliphatic rings. The minimum absolute atomic E-state index is 0.249. The van der Waals surface area contributed by atoms with Crippen molar-refractivity contribution in [2.45, 2.75) is 58.5 Å². The number of benzene rings is 1.